The average molecular weight is 291 g/mol. The van der Waals surface area contributed by atoms with Gasteiger partial charge in [-0.15, -0.1) is 0 Å². The van der Waals surface area contributed by atoms with Gasteiger partial charge in [0.25, 0.3) is 0 Å². The van der Waals surface area contributed by atoms with Gasteiger partial charge in [0.2, 0.25) is 5.91 Å². The van der Waals surface area contributed by atoms with Crippen LogP contribution in [0.5, 0.6) is 0 Å². The minimum atomic E-state index is -0.427. The molecule has 0 fully saturated rings. The van der Waals surface area contributed by atoms with Crippen LogP contribution in [0.2, 0.25) is 0 Å². The lowest BCUT2D eigenvalue weighted by atomic mass is 9.80. The lowest BCUT2D eigenvalue weighted by molar-refractivity contribution is -0.122. The van der Waals surface area contributed by atoms with Crippen LogP contribution in [0.1, 0.15) is 52.5 Å². The van der Waals surface area contributed by atoms with E-state index in [4.69, 9.17) is 0 Å². The van der Waals surface area contributed by atoms with Crippen molar-refractivity contribution in [3.63, 3.8) is 0 Å². The summed E-state index contributed by atoms with van der Waals surface area (Å²) in [5, 5.41) is 13.1. The highest BCUT2D eigenvalue weighted by molar-refractivity contribution is 5.76. The van der Waals surface area contributed by atoms with E-state index in [0.29, 0.717) is 13.0 Å². The largest absolute Gasteiger partial charge is 0.392 e. The highest BCUT2D eigenvalue weighted by atomic mass is 16.3. The molecule has 0 saturated heterocycles. The molecule has 21 heavy (non-hydrogen) atoms. The minimum Gasteiger partial charge on any atom is -0.392 e. The first-order chi connectivity index (χ1) is 9.74. The molecule has 0 spiro atoms. The van der Waals surface area contributed by atoms with E-state index < -0.39 is 6.10 Å². The van der Waals surface area contributed by atoms with Crippen LogP contribution in [0.15, 0.2) is 30.3 Å². The third-order valence-electron chi connectivity index (χ3n) is 4.03. The lowest BCUT2D eigenvalue weighted by Crippen LogP contribution is -2.43. The number of aliphatic hydroxyl groups is 1. The summed E-state index contributed by atoms with van der Waals surface area (Å²) in [5.74, 6) is 0.417. The molecule has 2 atom stereocenters. The van der Waals surface area contributed by atoms with Crippen LogP contribution >= 0.6 is 0 Å². The maximum atomic E-state index is 12.1. The second-order valence-electron chi connectivity index (χ2n) is 6.97. The molecule has 0 saturated carbocycles. The molecule has 0 aliphatic heterocycles. The summed E-state index contributed by atoms with van der Waals surface area (Å²) < 4.78 is 0. The summed E-state index contributed by atoms with van der Waals surface area (Å²) in [6.45, 7) is 10.5. The Labute approximate surface area is 128 Å². The third-order valence-corrected chi connectivity index (χ3v) is 4.03. The zero-order valence-electron chi connectivity index (χ0n) is 13.9. The highest BCUT2D eigenvalue weighted by Crippen LogP contribution is 2.25. The number of amides is 1. The van der Waals surface area contributed by atoms with E-state index in [1.54, 1.807) is 0 Å². The van der Waals surface area contributed by atoms with Crippen LogP contribution in [0, 0.1) is 11.3 Å². The van der Waals surface area contributed by atoms with Crippen LogP contribution in [0.25, 0.3) is 0 Å². The Morgan fingerprint density at radius 3 is 2.29 bits per heavy atom. The van der Waals surface area contributed by atoms with E-state index in [2.05, 4.69) is 12.2 Å². The quantitative estimate of drug-likeness (QED) is 0.809. The van der Waals surface area contributed by atoms with E-state index in [1.807, 2.05) is 58.0 Å². The van der Waals surface area contributed by atoms with Gasteiger partial charge in [0.1, 0.15) is 0 Å². The van der Waals surface area contributed by atoms with Crippen molar-refractivity contribution >= 4 is 5.91 Å². The molecule has 3 heteroatoms. The van der Waals surface area contributed by atoms with Crippen LogP contribution in [0.3, 0.4) is 0 Å². The van der Waals surface area contributed by atoms with Gasteiger partial charge >= 0.3 is 0 Å². The molecule has 0 aromatic heterocycles. The minimum absolute atomic E-state index is 0.0374. The maximum absolute atomic E-state index is 12.1. The number of carbonyl (C=O) groups is 1. The lowest BCUT2D eigenvalue weighted by Gasteiger charge is -2.33. The van der Waals surface area contributed by atoms with Crippen LogP contribution in [0.4, 0.5) is 0 Å². The molecule has 1 aromatic carbocycles. The SMILES string of the molecule is CC(CC(=O)NCC(C)(C)C(O)C(C)C)c1ccccc1. The van der Waals surface area contributed by atoms with Gasteiger partial charge in [-0.3, -0.25) is 4.79 Å². The summed E-state index contributed by atoms with van der Waals surface area (Å²) in [6, 6.07) is 10.1. The summed E-state index contributed by atoms with van der Waals surface area (Å²) in [6.07, 6.45) is 0.0436. The van der Waals surface area contributed by atoms with Crippen molar-refractivity contribution in [2.75, 3.05) is 6.54 Å². The average Bonchev–Trinajstić information content (AvgIpc) is 2.45. The van der Waals surface area contributed by atoms with Crippen LogP contribution < -0.4 is 5.32 Å². The molecule has 0 aliphatic rings. The molecule has 0 aliphatic carbocycles. The van der Waals surface area contributed by atoms with E-state index in [0.717, 1.165) is 0 Å². The fraction of sp³-hybridized carbons (Fsp3) is 0.611. The second-order valence-corrected chi connectivity index (χ2v) is 6.97. The molecule has 1 aromatic rings. The fourth-order valence-electron chi connectivity index (χ4n) is 2.58. The van der Waals surface area contributed by atoms with Gasteiger partial charge in [-0.2, -0.15) is 0 Å². The fourth-order valence-corrected chi connectivity index (χ4v) is 2.58. The number of aliphatic hydroxyl groups excluding tert-OH is 1. The number of rotatable bonds is 7. The van der Waals surface area contributed by atoms with E-state index in [-0.39, 0.29) is 23.2 Å². The van der Waals surface area contributed by atoms with E-state index >= 15 is 0 Å². The van der Waals surface area contributed by atoms with Crippen LogP contribution in [-0.4, -0.2) is 23.7 Å². The molecular formula is C18H29NO2. The van der Waals surface area contributed by atoms with Gasteiger partial charge in [0.05, 0.1) is 6.10 Å². The number of carbonyl (C=O) groups excluding carboxylic acids is 1. The van der Waals surface area contributed by atoms with Gasteiger partial charge in [0, 0.05) is 18.4 Å². The zero-order chi connectivity index (χ0) is 16.0. The predicted molar refractivity (Wildman–Crippen MR) is 87.1 cm³/mol. The van der Waals surface area contributed by atoms with Crippen molar-refractivity contribution < 1.29 is 9.90 Å². The smallest absolute Gasteiger partial charge is 0.220 e. The topological polar surface area (TPSA) is 49.3 Å². The molecule has 0 heterocycles. The molecule has 1 rings (SSSR count). The summed E-state index contributed by atoms with van der Waals surface area (Å²) in [4.78, 5) is 12.1. The van der Waals surface area contributed by atoms with Gasteiger partial charge in [-0.1, -0.05) is 65.0 Å². The molecule has 2 unspecified atom stereocenters. The molecule has 3 nitrogen and oxygen atoms in total. The zero-order valence-corrected chi connectivity index (χ0v) is 13.9. The van der Waals surface area contributed by atoms with E-state index in [9.17, 15) is 9.90 Å². The third kappa shape index (κ3) is 5.50. The Hall–Kier alpha value is -1.35. The first-order valence-corrected chi connectivity index (χ1v) is 7.73. The Morgan fingerprint density at radius 2 is 1.76 bits per heavy atom. The Bertz CT molecular complexity index is 440. The van der Waals surface area contributed by atoms with Gasteiger partial charge in [-0.05, 0) is 17.4 Å². The number of nitrogens with one attached hydrogen (secondary N) is 1. The number of benzene rings is 1. The summed E-state index contributed by atoms with van der Waals surface area (Å²) in [5.41, 5.74) is 0.855. The Kier molecular flexibility index (Phi) is 6.41. The van der Waals surface area contributed by atoms with Crippen LogP contribution in [-0.2, 0) is 4.79 Å². The number of hydrogen-bond acceptors (Lipinski definition) is 2. The van der Waals surface area contributed by atoms with Gasteiger partial charge in [-0.25, -0.2) is 0 Å². The van der Waals surface area contributed by atoms with Crippen molar-refractivity contribution in [3.05, 3.63) is 35.9 Å². The summed E-state index contributed by atoms with van der Waals surface area (Å²) >= 11 is 0. The molecule has 0 bridgehead atoms. The number of hydrogen-bond donors (Lipinski definition) is 2. The monoisotopic (exact) mass is 291 g/mol. The van der Waals surface area contributed by atoms with Gasteiger partial charge < -0.3 is 10.4 Å². The molecule has 0 radical (unpaired) electrons. The standard InChI is InChI=1S/C18H29NO2/c1-13(2)17(21)18(4,5)12-19-16(20)11-14(3)15-9-7-6-8-10-15/h6-10,13-14,17,21H,11-12H2,1-5H3,(H,19,20). The van der Waals surface area contributed by atoms with Crippen molar-refractivity contribution in [2.24, 2.45) is 11.3 Å². The first kappa shape index (κ1) is 17.7. The molecule has 2 N–H and O–H groups in total. The van der Waals surface area contributed by atoms with Crippen molar-refractivity contribution in [2.45, 2.75) is 53.1 Å². The first-order valence-electron chi connectivity index (χ1n) is 7.73. The van der Waals surface area contributed by atoms with Crippen molar-refractivity contribution in [3.8, 4) is 0 Å². The van der Waals surface area contributed by atoms with Gasteiger partial charge in [0.15, 0.2) is 0 Å². The van der Waals surface area contributed by atoms with Crippen molar-refractivity contribution in [1.29, 1.82) is 0 Å². The maximum Gasteiger partial charge on any atom is 0.220 e. The predicted octanol–water partition coefficient (Wildman–Crippen LogP) is 3.34. The second kappa shape index (κ2) is 7.60. The molecule has 118 valence electrons. The molecule has 1 amide bonds. The Morgan fingerprint density at radius 1 is 1.19 bits per heavy atom. The normalized spacial score (nSPS) is 14.8. The van der Waals surface area contributed by atoms with E-state index in [1.165, 1.54) is 5.56 Å². The summed E-state index contributed by atoms with van der Waals surface area (Å²) in [7, 11) is 0. The Balaban J connectivity index is 2.48. The highest BCUT2D eigenvalue weighted by Gasteiger charge is 2.30. The molecular weight excluding hydrogens is 262 g/mol. The van der Waals surface area contributed by atoms with Crippen molar-refractivity contribution in [1.82, 2.24) is 5.32 Å².